The zero-order valence-corrected chi connectivity index (χ0v) is 12.7. The Kier molecular flexibility index (Phi) is 4.59. The summed E-state index contributed by atoms with van der Waals surface area (Å²) in [5.74, 6) is 0. The predicted molar refractivity (Wildman–Crippen MR) is 76.3 cm³/mol. The zero-order valence-electron chi connectivity index (χ0n) is 10.4. The molecule has 5 nitrogen and oxygen atoms in total. The fraction of sp³-hybridized carbons (Fsp3) is 0.167. The molecular weight excluding hydrogens is 323 g/mol. The molecule has 2 rings (SSSR count). The fourth-order valence-electron chi connectivity index (χ4n) is 1.61. The Morgan fingerprint density at radius 3 is 2.45 bits per heavy atom. The second-order valence-corrected chi connectivity index (χ2v) is 6.10. The van der Waals surface area contributed by atoms with E-state index in [0.717, 1.165) is 0 Å². The number of rotatable bonds is 4. The van der Waals surface area contributed by atoms with E-state index in [1.165, 1.54) is 18.5 Å². The first-order valence-corrected chi connectivity index (χ1v) is 7.77. The number of aromatic nitrogens is 2. The van der Waals surface area contributed by atoms with Crippen molar-refractivity contribution in [2.45, 2.75) is 11.8 Å². The molecule has 0 amide bonds. The van der Waals surface area contributed by atoms with Crippen molar-refractivity contribution in [3.63, 3.8) is 0 Å². The third-order valence-corrected chi connectivity index (χ3v) is 4.27. The third-order valence-electron chi connectivity index (χ3n) is 2.42. The van der Waals surface area contributed by atoms with E-state index >= 15 is 0 Å². The smallest absolute Gasteiger partial charge is 0.267 e. The van der Waals surface area contributed by atoms with Gasteiger partial charge >= 0.3 is 0 Å². The quantitative estimate of drug-likeness (QED) is 0.635. The van der Waals surface area contributed by atoms with E-state index in [0.29, 0.717) is 16.1 Å². The van der Waals surface area contributed by atoms with Crippen LogP contribution in [-0.4, -0.2) is 25.0 Å². The lowest BCUT2D eigenvalue weighted by Crippen LogP contribution is -2.07. The molecule has 0 aliphatic heterocycles. The first-order chi connectivity index (χ1) is 9.44. The van der Waals surface area contributed by atoms with Gasteiger partial charge in [-0.2, -0.15) is 8.42 Å². The molecule has 0 N–H and O–H groups in total. The Hall–Kier alpha value is -1.21. The van der Waals surface area contributed by atoms with Crippen molar-refractivity contribution in [3.05, 3.63) is 40.9 Å². The summed E-state index contributed by atoms with van der Waals surface area (Å²) in [5, 5.41) is 0.374. The van der Waals surface area contributed by atoms with Crippen LogP contribution >= 0.6 is 23.2 Å². The standard InChI is InChI=1S/C12H10Cl2N2O3S/c1-2-19-20(17,18)11-5-9(13)3-4-10(11)8-6-15-12(14)16-7-8/h3-7H,2H2,1H3. The van der Waals surface area contributed by atoms with Gasteiger partial charge in [-0.3, -0.25) is 4.18 Å². The largest absolute Gasteiger partial charge is 0.297 e. The second kappa shape index (κ2) is 6.05. The molecule has 106 valence electrons. The van der Waals surface area contributed by atoms with Crippen LogP contribution < -0.4 is 0 Å². The van der Waals surface area contributed by atoms with Gasteiger partial charge in [0.2, 0.25) is 5.28 Å². The van der Waals surface area contributed by atoms with Crippen LogP contribution in [0.5, 0.6) is 0 Å². The molecule has 1 aromatic heterocycles. The van der Waals surface area contributed by atoms with Crippen molar-refractivity contribution in [1.29, 1.82) is 0 Å². The molecule has 0 unspecified atom stereocenters. The highest BCUT2D eigenvalue weighted by Gasteiger charge is 2.21. The highest BCUT2D eigenvalue weighted by molar-refractivity contribution is 7.87. The number of hydrogen-bond donors (Lipinski definition) is 0. The van der Waals surface area contributed by atoms with Crippen molar-refractivity contribution >= 4 is 33.3 Å². The molecule has 0 atom stereocenters. The van der Waals surface area contributed by atoms with E-state index in [9.17, 15) is 8.42 Å². The first-order valence-electron chi connectivity index (χ1n) is 5.61. The molecular formula is C12H10Cl2N2O3S. The number of benzene rings is 1. The fourth-order valence-corrected chi connectivity index (χ4v) is 3.11. The summed E-state index contributed by atoms with van der Waals surface area (Å²) in [4.78, 5) is 7.64. The van der Waals surface area contributed by atoms with Gasteiger partial charge in [0.05, 0.1) is 6.61 Å². The molecule has 2 aromatic rings. The van der Waals surface area contributed by atoms with Crippen molar-refractivity contribution in [3.8, 4) is 11.1 Å². The molecule has 0 bridgehead atoms. The SMILES string of the molecule is CCOS(=O)(=O)c1cc(Cl)ccc1-c1cnc(Cl)nc1. The van der Waals surface area contributed by atoms with E-state index < -0.39 is 10.1 Å². The lowest BCUT2D eigenvalue weighted by atomic mass is 10.1. The molecule has 0 fully saturated rings. The lowest BCUT2D eigenvalue weighted by molar-refractivity contribution is 0.338. The minimum Gasteiger partial charge on any atom is -0.267 e. The molecule has 1 aromatic carbocycles. The van der Waals surface area contributed by atoms with E-state index in [2.05, 4.69) is 9.97 Å². The van der Waals surface area contributed by atoms with Crippen molar-refractivity contribution in [2.24, 2.45) is 0 Å². The maximum Gasteiger partial charge on any atom is 0.297 e. The normalized spacial score (nSPS) is 11.6. The number of nitrogens with zero attached hydrogens (tertiary/aromatic N) is 2. The molecule has 0 saturated heterocycles. The van der Waals surface area contributed by atoms with Gasteiger partial charge in [0.25, 0.3) is 10.1 Å². The molecule has 0 aliphatic rings. The van der Waals surface area contributed by atoms with Gasteiger partial charge in [0.1, 0.15) is 4.90 Å². The molecule has 0 radical (unpaired) electrons. The monoisotopic (exact) mass is 332 g/mol. The van der Waals surface area contributed by atoms with Crippen molar-refractivity contribution < 1.29 is 12.6 Å². The Bertz CT molecular complexity index is 718. The summed E-state index contributed by atoms with van der Waals surface area (Å²) < 4.78 is 29.0. The van der Waals surface area contributed by atoms with Crippen LogP contribution in [0.4, 0.5) is 0 Å². The highest BCUT2D eigenvalue weighted by atomic mass is 35.5. The Labute approximate surface area is 126 Å². The summed E-state index contributed by atoms with van der Waals surface area (Å²) >= 11 is 11.5. The minimum atomic E-state index is -3.89. The molecule has 0 aliphatic carbocycles. The van der Waals surface area contributed by atoms with Gasteiger partial charge in [0.15, 0.2) is 0 Å². The molecule has 8 heteroatoms. The van der Waals surface area contributed by atoms with Gasteiger partial charge in [0, 0.05) is 28.5 Å². The Balaban J connectivity index is 2.62. The first kappa shape index (κ1) is 15.2. The summed E-state index contributed by atoms with van der Waals surface area (Å²) in [6.45, 7) is 1.62. The van der Waals surface area contributed by atoms with Crippen LogP contribution in [0.15, 0.2) is 35.5 Å². The van der Waals surface area contributed by atoms with Crippen LogP contribution in [0.1, 0.15) is 6.92 Å². The average Bonchev–Trinajstić information content (AvgIpc) is 2.40. The number of halogens is 2. The van der Waals surface area contributed by atoms with E-state index in [1.54, 1.807) is 19.1 Å². The van der Waals surface area contributed by atoms with Crippen LogP contribution in [-0.2, 0) is 14.3 Å². The molecule has 1 heterocycles. The van der Waals surface area contributed by atoms with E-state index in [-0.39, 0.29) is 16.8 Å². The second-order valence-electron chi connectivity index (χ2n) is 3.74. The average molecular weight is 333 g/mol. The molecule has 0 saturated carbocycles. The molecule has 20 heavy (non-hydrogen) atoms. The maximum atomic E-state index is 12.1. The van der Waals surface area contributed by atoms with Gasteiger partial charge in [-0.15, -0.1) is 0 Å². The van der Waals surface area contributed by atoms with E-state index in [1.807, 2.05) is 0 Å². The Morgan fingerprint density at radius 2 is 1.85 bits per heavy atom. The van der Waals surface area contributed by atoms with Crippen LogP contribution in [0, 0.1) is 0 Å². The van der Waals surface area contributed by atoms with Gasteiger partial charge in [-0.25, -0.2) is 9.97 Å². The van der Waals surface area contributed by atoms with Gasteiger partial charge in [-0.05, 0) is 30.7 Å². The highest BCUT2D eigenvalue weighted by Crippen LogP contribution is 2.30. The molecule has 0 spiro atoms. The summed E-state index contributed by atoms with van der Waals surface area (Å²) in [7, 11) is -3.89. The van der Waals surface area contributed by atoms with Crippen LogP contribution in [0.3, 0.4) is 0 Å². The van der Waals surface area contributed by atoms with Gasteiger partial charge < -0.3 is 0 Å². The number of hydrogen-bond acceptors (Lipinski definition) is 5. The lowest BCUT2D eigenvalue weighted by Gasteiger charge is -2.10. The van der Waals surface area contributed by atoms with Gasteiger partial charge in [-0.1, -0.05) is 17.7 Å². The Morgan fingerprint density at radius 1 is 1.20 bits per heavy atom. The third kappa shape index (κ3) is 3.27. The van der Waals surface area contributed by atoms with Crippen LogP contribution in [0.2, 0.25) is 10.3 Å². The van der Waals surface area contributed by atoms with Crippen LogP contribution in [0.25, 0.3) is 11.1 Å². The van der Waals surface area contributed by atoms with Crippen molar-refractivity contribution in [1.82, 2.24) is 9.97 Å². The topological polar surface area (TPSA) is 69.2 Å². The van der Waals surface area contributed by atoms with Crippen molar-refractivity contribution in [2.75, 3.05) is 6.61 Å². The summed E-state index contributed by atoms with van der Waals surface area (Å²) in [5.41, 5.74) is 0.906. The maximum absolute atomic E-state index is 12.1. The van der Waals surface area contributed by atoms with E-state index in [4.69, 9.17) is 27.4 Å². The summed E-state index contributed by atoms with van der Waals surface area (Å²) in [6.07, 6.45) is 2.87. The predicted octanol–water partition coefficient (Wildman–Crippen LogP) is 3.18. The minimum absolute atomic E-state index is 0.0298. The summed E-state index contributed by atoms with van der Waals surface area (Å²) in [6, 6.07) is 4.48. The zero-order chi connectivity index (χ0) is 14.8.